The first-order chi connectivity index (χ1) is 14.8. The molecule has 9 heteroatoms. The third-order valence-corrected chi connectivity index (χ3v) is 5.76. The molecule has 1 amide bonds. The summed E-state index contributed by atoms with van der Waals surface area (Å²) in [5, 5.41) is 10.3. The average molecular weight is 510 g/mol. The molecule has 0 aromatic heterocycles. The Morgan fingerprint density at radius 1 is 1.10 bits per heavy atom. The van der Waals surface area contributed by atoms with E-state index in [1.807, 2.05) is 0 Å². The predicted octanol–water partition coefficient (Wildman–Crippen LogP) is 4.24. The van der Waals surface area contributed by atoms with E-state index in [2.05, 4.69) is 15.9 Å². The highest BCUT2D eigenvalue weighted by Crippen LogP contribution is 2.35. The second-order valence-corrected chi connectivity index (χ2v) is 8.83. The van der Waals surface area contributed by atoms with Crippen LogP contribution in [0.3, 0.4) is 0 Å². The molecule has 3 atom stereocenters. The Balaban J connectivity index is 2.26. The zero-order chi connectivity index (χ0) is 23.0. The number of amides is 1. The molecule has 7 nitrogen and oxygen atoms in total. The molecule has 1 N–H and O–H groups in total. The predicted molar refractivity (Wildman–Crippen MR) is 122 cm³/mol. The van der Waals surface area contributed by atoms with Crippen molar-refractivity contribution >= 4 is 45.5 Å². The number of nitrogens with zero attached hydrogens (tertiary/aromatic N) is 1. The van der Waals surface area contributed by atoms with E-state index in [4.69, 9.17) is 9.47 Å². The van der Waals surface area contributed by atoms with Gasteiger partial charge in [-0.1, -0.05) is 46.3 Å². The van der Waals surface area contributed by atoms with Crippen molar-refractivity contribution in [1.82, 2.24) is 5.06 Å². The van der Waals surface area contributed by atoms with Gasteiger partial charge in [-0.05, 0) is 49.9 Å². The Morgan fingerprint density at radius 2 is 1.71 bits per heavy atom. The summed E-state index contributed by atoms with van der Waals surface area (Å²) in [7, 11) is 0. The first kappa shape index (κ1) is 24.9. The molecule has 2 aromatic rings. The van der Waals surface area contributed by atoms with Crippen molar-refractivity contribution in [3.05, 3.63) is 65.7 Å². The molecule has 0 aliphatic carbocycles. The first-order valence-electron chi connectivity index (χ1n) is 9.52. The molecular formula is C22H24BrNO6S. The lowest BCUT2D eigenvalue weighted by Gasteiger charge is -2.31. The Hall–Kier alpha value is -2.36. The fourth-order valence-electron chi connectivity index (χ4n) is 2.81. The van der Waals surface area contributed by atoms with E-state index < -0.39 is 34.0 Å². The zero-order valence-corrected chi connectivity index (χ0v) is 19.8. The van der Waals surface area contributed by atoms with Gasteiger partial charge in [0.25, 0.3) is 5.91 Å². The van der Waals surface area contributed by atoms with Crippen molar-refractivity contribution in [2.45, 2.75) is 30.0 Å². The van der Waals surface area contributed by atoms with Gasteiger partial charge in [-0.3, -0.25) is 10.0 Å². The molecule has 0 heterocycles. The van der Waals surface area contributed by atoms with Crippen LogP contribution in [-0.2, 0) is 14.3 Å². The Labute approximate surface area is 193 Å². The Morgan fingerprint density at radius 3 is 2.23 bits per heavy atom. The quantitative estimate of drug-likeness (QED) is 0.177. The summed E-state index contributed by atoms with van der Waals surface area (Å²) in [6.45, 7) is 3.31. The molecule has 0 unspecified atom stereocenters. The SMILES string of the molecule is CCOC(=O)[C@@H]([C@H](SC)c1ccc(OC(=O)c2ccccc2)cc1)N(O)C(=O)[C@@H](C)Br. The summed E-state index contributed by atoms with van der Waals surface area (Å²) in [5.74, 6) is -1.54. The largest absolute Gasteiger partial charge is 0.464 e. The molecule has 2 rings (SSSR count). The maximum Gasteiger partial charge on any atom is 0.343 e. The number of carbonyl (C=O) groups excluding carboxylic acids is 3. The molecule has 0 fully saturated rings. The van der Waals surface area contributed by atoms with Crippen LogP contribution in [0.2, 0.25) is 0 Å². The smallest absolute Gasteiger partial charge is 0.343 e. The third kappa shape index (κ3) is 6.56. The van der Waals surface area contributed by atoms with Gasteiger partial charge in [0.1, 0.15) is 5.75 Å². The Bertz CT molecular complexity index is 891. The van der Waals surface area contributed by atoms with E-state index in [9.17, 15) is 19.6 Å². The number of hydrogen-bond donors (Lipinski definition) is 1. The minimum Gasteiger partial charge on any atom is -0.464 e. The van der Waals surface area contributed by atoms with Crippen molar-refractivity contribution < 1.29 is 29.1 Å². The summed E-state index contributed by atoms with van der Waals surface area (Å²) < 4.78 is 10.5. The van der Waals surface area contributed by atoms with Gasteiger partial charge in [-0.25, -0.2) is 14.7 Å². The fourth-order valence-corrected chi connectivity index (χ4v) is 3.93. The number of benzene rings is 2. The monoisotopic (exact) mass is 509 g/mol. The minimum absolute atomic E-state index is 0.108. The number of carbonyl (C=O) groups is 3. The number of halogens is 1. The molecule has 0 radical (unpaired) electrons. The van der Waals surface area contributed by atoms with Crippen LogP contribution in [0.25, 0.3) is 0 Å². The van der Waals surface area contributed by atoms with Crippen molar-refractivity contribution in [2.75, 3.05) is 12.9 Å². The average Bonchev–Trinajstić information content (AvgIpc) is 2.77. The van der Waals surface area contributed by atoms with Gasteiger partial charge < -0.3 is 9.47 Å². The van der Waals surface area contributed by atoms with E-state index in [0.29, 0.717) is 21.9 Å². The van der Waals surface area contributed by atoms with E-state index in [0.717, 1.165) is 0 Å². The zero-order valence-electron chi connectivity index (χ0n) is 17.4. The summed E-state index contributed by atoms with van der Waals surface area (Å²) >= 11 is 4.40. The van der Waals surface area contributed by atoms with Crippen LogP contribution >= 0.6 is 27.7 Å². The van der Waals surface area contributed by atoms with Crippen molar-refractivity contribution in [1.29, 1.82) is 0 Å². The highest BCUT2D eigenvalue weighted by Gasteiger charge is 2.39. The van der Waals surface area contributed by atoms with Gasteiger partial charge in [0.15, 0.2) is 6.04 Å². The minimum atomic E-state index is -1.25. The molecule has 31 heavy (non-hydrogen) atoms. The van der Waals surface area contributed by atoms with Crippen LogP contribution in [0.5, 0.6) is 5.75 Å². The van der Waals surface area contributed by atoms with Crippen LogP contribution in [0.1, 0.15) is 35.0 Å². The maximum absolute atomic E-state index is 12.6. The van der Waals surface area contributed by atoms with Gasteiger partial charge in [-0.2, -0.15) is 11.8 Å². The second-order valence-electron chi connectivity index (χ2n) is 6.48. The van der Waals surface area contributed by atoms with Gasteiger partial charge in [0.2, 0.25) is 0 Å². The van der Waals surface area contributed by atoms with Gasteiger partial charge in [0.05, 0.1) is 22.2 Å². The van der Waals surface area contributed by atoms with Crippen LogP contribution in [0, 0.1) is 0 Å². The van der Waals surface area contributed by atoms with Gasteiger partial charge >= 0.3 is 11.9 Å². The lowest BCUT2D eigenvalue weighted by Crippen LogP contribution is -2.48. The summed E-state index contributed by atoms with van der Waals surface area (Å²) in [5.41, 5.74) is 1.08. The van der Waals surface area contributed by atoms with Crippen LogP contribution in [0.15, 0.2) is 54.6 Å². The first-order valence-corrected chi connectivity index (χ1v) is 11.7. The van der Waals surface area contributed by atoms with E-state index in [-0.39, 0.29) is 6.61 Å². The number of esters is 2. The molecule has 0 bridgehead atoms. The lowest BCUT2D eigenvalue weighted by atomic mass is 10.0. The number of alkyl halides is 1. The fraction of sp³-hybridized carbons (Fsp3) is 0.318. The van der Waals surface area contributed by atoms with Crippen molar-refractivity contribution in [3.63, 3.8) is 0 Å². The van der Waals surface area contributed by atoms with Crippen molar-refractivity contribution in [2.24, 2.45) is 0 Å². The van der Waals surface area contributed by atoms with Gasteiger partial charge in [0, 0.05) is 0 Å². The molecule has 166 valence electrons. The summed E-state index contributed by atoms with van der Waals surface area (Å²) in [6, 6.07) is 13.9. The number of rotatable bonds is 9. The lowest BCUT2D eigenvalue weighted by molar-refractivity contribution is -0.187. The van der Waals surface area contributed by atoms with Gasteiger partial charge in [-0.15, -0.1) is 0 Å². The number of ether oxygens (including phenoxy) is 2. The molecule has 0 aliphatic heterocycles. The summed E-state index contributed by atoms with van der Waals surface area (Å²) in [6.07, 6.45) is 1.76. The molecule has 0 saturated carbocycles. The Kier molecular flexibility index (Phi) is 9.54. The maximum atomic E-state index is 12.6. The molecule has 0 spiro atoms. The van der Waals surface area contributed by atoms with Crippen LogP contribution in [0.4, 0.5) is 0 Å². The third-order valence-electron chi connectivity index (χ3n) is 4.33. The van der Waals surface area contributed by atoms with E-state index in [1.54, 1.807) is 74.7 Å². The molecule has 0 saturated heterocycles. The second kappa shape index (κ2) is 11.9. The van der Waals surface area contributed by atoms with Crippen LogP contribution < -0.4 is 4.74 Å². The molecular weight excluding hydrogens is 486 g/mol. The van der Waals surface area contributed by atoms with Crippen molar-refractivity contribution in [3.8, 4) is 5.75 Å². The number of thioether (sulfide) groups is 1. The number of hydrogen-bond acceptors (Lipinski definition) is 7. The highest BCUT2D eigenvalue weighted by molar-refractivity contribution is 9.10. The molecule has 2 aromatic carbocycles. The molecule has 0 aliphatic rings. The van der Waals surface area contributed by atoms with Crippen LogP contribution in [-0.4, -0.2) is 51.8 Å². The number of hydroxylamine groups is 2. The van der Waals surface area contributed by atoms with E-state index in [1.165, 1.54) is 11.8 Å². The highest BCUT2D eigenvalue weighted by atomic mass is 79.9. The topological polar surface area (TPSA) is 93.1 Å². The summed E-state index contributed by atoms with van der Waals surface area (Å²) in [4.78, 5) is 36.4. The standard InChI is InChI=1S/C22H24BrNO6S/c1-4-29-22(27)18(24(28)20(25)14(2)23)19(31-3)15-10-12-17(13-11-15)30-21(26)16-8-6-5-7-9-16/h5-14,18-19,28H,4H2,1-3H3/t14-,18-,19-/m1/s1. The normalized spacial score (nSPS) is 13.6. The van der Waals surface area contributed by atoms with E-state index >= 15 is 0 Å².